The Bertz CT molecular complexity index is 208. The fourth-order valence-corrected chi connectivity index (χ4v) is 1.15. The standard InChI is InChI=1S/C11H19NO2/c1-5-8-10(11(13)14-7-3)12-9(4)6-2/h2,9-10,12H,5,7-8H2,1,3-4H3. The van der Waals surface area contributed by atoms with Crippen molar-refractivity contribution in [2.24, 2.45) is 0 Å². The van der Waals surface area contributed by atoms with Crippen molar-refractivity contribution in [3.63, 3.8) is 0 Å². The number of hydrogen-bond acceptors (Lipinski definition) is 3. The lowest BCUT2D eigenvalue weighted by atomic mass is 10.1. The van der Waals surface area contributed by atoms with Gasteiger partial charge >= 0.3 is 5.97 Å². The zero-order chi connectivity index (χ0) is 11.0. The average Bonchev–Trinajstić information content (AvgIpc) is 2.17. The molecule has 0 saturated heterocycles. The van der Waals surface area contributed by atoms with Crippen LogP contribution in [0, 0.1) is 12.3 Å². The van der Waals surface area contributed by atoms with Crippen LogP contribution in [0.25, 0.3) is 0 Å². The molecule has 0 heterocycles. The molecule has 2 atom stereocenters. The number of carbonyl (C=O) groups excluding carboxylic acids is 1. The SMILES string of the molecule is C#CC(C)NC(CCC)C(=O)OCC. The van der Waals surface area contributed by atoms with Crippen LogP contribution in [0.15, 0.2) is 0 Å². The largest absolute Gasteiger partial charge is 0.465 e. The molecular formula is C11H19NO2. The Morgan fingerprint density at radius 3 is 2.64 bits per heavy atom. The van der Waals surface area contributed by atoms with Gasteiger partial charge in [-0.1, -0.05) is 19.3 Å². The second kappa shape index (κ2) is 7.40. The average molecular weight is 197 g/mol. The number of carbonyl (C=O) groups is 1. The van der Waals surface area contributed by atoms with Gasteiger partial charge in [0.25, 0.3) is 0 Å². The molecule has 80 valence electrons. The first-order valence-corrected chi connectivity index (χ1v) is 5.04. The van der Waals surface area contributed by atoms with E-state index < -0.39 is 0 Å². The molecule has 0 aliphatic rings. The summed E-state index contributed by atoms with van der Waals surface area (Å²) in [5, 5.41) is 3.04. The van der Waals surface area contributed by atoms with Gasteiger partial charge in [0.15, 0.2) is 0 Å². The van der Waals surface area contributed by atoms with E-state index in [0.29, 0.717) is 6.61 Å². The maximum atomic E-state index is 11.4. The lowest BCUT2D eigenvalue weighted by molar-refractivity contribution is -0.146. The topological polar surface area (TPSA) is 38.3 Å². The Kier molecular flexibility index (Phi) is 6.87. The lowest BCUT2D eigenvalue weighted by Gasteiger charge is -2.18. The van der Waals surface area contributed by atoms with Gasteiger partial charge in [-0.25, -0.2) is 0 Å². The summed E-state index contributed by atoms with van der Waals surface area (Å²) in [6.07, 6.45) is 6.91. The summed E-state index contributed by atoms with van der Waals surface area (Å²) >= 11 is 0. The Morgan fingerprint density at radius 1 is 1.57 bits per heavy atom. The molecule has 3 heteroatoms. The molecule has 14 heavy (non-hydrogen) atoms. The van der Waals surface area contributed by atoms with Crippen molar-refractivity contribution in [2.45, 2.75) is 45.7 Å². The van der Waals surface area contributed by atoms with Gasteiger partial charge in [-0.2, -0.15) is 0 Å². The fourth-order valence-electron chi connectivity index (χ4n) is 1.15. The number of hydrogen-bond donors (Lipinski definition) is 1. The third kappa shape index (κ3) is 4.88. The molecule has 0 spiro atoms. The van der Waals surface area contributed by atoms with E-state index in [9.17, 15) is 4.79 Å². The highest BCUT2D eigenvalue weighted by Gasteiger charge is 2.19. The normalized spacial score (nSPS) is 14.1. The Balaban J connectivity index is 4.14. The quantitative estimate of drug-likeness (QED) is 0.515. The van der Waals surface area contributed by atoms with Crippen molar-refractivity contribution in [3.8, 4) is 12.3 Å². The Morgan fingerprint density at radius 2 is 2.21 bits per heavy atom. The highest BCUT2D eigenvalue weighted by molar-refractivity contribution is 5.75. The van der Waals surface area contributed by atoms with Gasteiger partial charge in [0, 0.05) is 0 Å². The molecule has 0 saturated carbocycles. The molecule has 0 bridgehead atoms. The van der Waals surface area contributed by atoms with Gasteiger partial charge in [0.05, 0.1) is 12.6 Å². The van der Waals surface area contributed by atoms with Gasteiger partial charge < -0.3 is 4.74 Å². The highest BCUT2D eigenvalue weighted by atomic mass is 16.5. The minimum absolute atomic E-state index is 0.101. The molecule has 0 aromatic rings. The van der Waals surface area contributed by atoms with Gasteiger partial charge in [-0.05, 0) is 20.3 Å². The maximum Gasteiger partial charge on any atom is 0.323 e. The van der Waals surface area contributed by atoms with Crippen LogP contribution < -0.4 is 5.32 Å². The molecule has 2 unspecified atom stereocenters. The molecule has 0 aliphatic carbocycles. The van der Waals surface area contributed by atoms with Gasteiger partial charge in [-0.15, -0.1) is 6.42 Å². The van der Waals surface area contributed by atoms with E-state index in [1.807, 2.05) is 13.8 Å². The third-order valence-corrected chi connectivity index (χ3v) is 1.85. The second-order valence-corrected chi connectivity index (χ2v) is 3.15. The van der Waals surface area contributed by atoms with Crippen LogP contribution in [-0.2, 0) is 9.53 Å². The summed E-state index contributed by atoms with van der Waals surface area (Å²) in [5.74, 6) is 2.32. The number of ether oxygens (including phenoxy) is 1. The molecular weight excluding hydrogens is 178 g/mol. The zero-order valence-corrected chi connectivity index (χ0v) is 9.17. The van der Waals surface area contributed by atoms with Crippen LogP contribution in [0.3, 0.4) is 0 Å². The summed E-state index contributed by atoms with van der Waals surface area (Å²) in [6, 6.07) is -0.373. The van der Waals surface area contributed by atoms with Crippen LogP contribution in [-0.4, -0.2) is 24.7 Å². The van der Waals surface area contributed by atoms with Crippen LogP contribution in [0.2, 0.25) is 0 Å². The van der Waals surface area contributed by atoms with E-state index in [1.165, 1.54) is 0 Å². The van der Waals surface area contributed by atoms with E-state index in [-0.39, 0.29) is 18.1 Å². The maximum absolute atomic E-state index is 11.4. The summed E-state index contributed by atoms with van der Waals surface area (Å²) in [6.45, 7) is 6.08. The van der Waals surface area contributed by atoms with Crippen molar-refractivity contribution in [3.05, 3.63) is 0 Å². The predicted octanol–water partition coefficient (Wildman–Crippen LogP) is 1.33. The minimum Gasteiger partial charge on any atom is -0.465 e. The van der Waals surface area contributed by atoms with Gasteiger partial charge in [-0.3, -0.25) is 10.1 Å². The second-order valence-electron chi connectivity index (χ2n) is 3.15. The molecule has 0 aromatic heterocycles. The van der Waals surface area contributed by atoms with E-state index in [2.05, 4.69) is 11.2 Å². The number of terminal acetylenes is 1. The van der Waals surface area contributed by atoms with Crippen molar-refractivity contribution in [1.29, 1.82) is 0 Å². The van der Waals surface area contributed by atoms with E-state index in [1.54, 1.807) is 6.92 Å². The summed E-state index contributed by atoms with van der Waals surface area (Å²) in [5.41, 5.74) is 0. The molecule has 0 radical (unpaired) electrons. The van der Waals surface area contributed by atoms with Crippen LogP contribution >= 0.6 is 0 Å². The van der Waals surface area contributed by atoms with Crippen molar-refractivity contribution in [2.75, 3.05) is 6.61 Å². The number of nitrogens with one attached hydrogen (secondary N) is 1. The molecule has 0 aliphatic heterocycles. The summed E-state index contributed by atoms with van der Waals surface area (Å²) in [7, 11) is 0. The summed E-state index contributed by atoms with van der Waals surface area (Å²) < 4.78 is 4.93. The molecule has 0 rings (SSSR count). The van der Waals surface area contributed by atoms with Crippen molar-refractivity contribution < 1.29 is 9.53 Å². The van der Waals surface area contributed by atoms with E-state index in [4.69, 9.17) is 11.2 Å². The molecule has 0 amide bonds. The van der Waals surface area contributed by atoms with Crippen LogP contribution in [0.4, 0.5) is 0 Å². The molecule has 3 nitrogen and oxygen atoms in total. The van der Waals surface area contributed by atoms with Crippen molar-refractivity contribution in [1.82, 2.24) is 5.32 Å². The highest BCUT2D eigenvalue weighted by Crippen LogP contribution is 2.00. The first-order valence-electron chi connectivity index (χ1n) is 5.04. The Hall–Kier alpha value is -1.01. The predicted molar refractivity (Wildman–Crippen MR) is 56.8 cm³/mol. The molecule has 0 fully saturated rings. The molecule has 0 aromatic carbocycles. The first-order chi connectivity index (χ1) is 6.65. The monoisotopic (exact) mass is 197 g/mol. The minimum atomic E-state index is -0.272. The van der Waals surface area contributed by atoms with Crippen molar-refractivity contribution >= 4 is 5.97 Å². The smallest absolute Gasteiger partial charge is 0.323 e. The number of rotatable bonds is 6. The van der Waals surface area contributed by atoms with Crippen LogP contribution in [0.1, 0.15) is 33.6 Å². The zero-order valence-electron chi connectivity index (χ0n) is 9.17. The molecule has 1 N–H and O–H groups in total. The number of esters is 1. The van der Waals surface area contributed by atoms with E-state index in [0.717, 1.165) is 12.8 Å². The lowest BCUT2D eigenvalue weighted by Crippen LogP contribution is -2.42. The first kappa shape index (κ1) is 13.0. The van der Waals surface area contributed by atoms with E-state index >= 15 is 0 Å². The summed E-state index contributed by atoms with van der Waals surface area (Å²) in [4.78, 5) is 11.4. The third-order valence-electron chi connectivity index (χ3n) is 1.85. The van der Waals surface area contributed by atoms with Crippen LogP contribution in [0.5, 0.6) is 0 Å². The Labute approximate surface area is 86.2 Å². The fraction of sp³-hybridized carbons (Fsp3) is 0.727. The van der Waals surface area contributed by atoms with Gasteiger partial charge in [0.1, 0.15) is 6.04 Å². The van der Waals surface area contributed by atoms with Gasteiger partial charge in [0.2, 0.25) is 0 Å².